The SMILES string of the molecule is Fc1cc2nc(-c3cncc(Cn4ccnc4)c3)n(CC[18F])c2cc1Cl. The number of aromatic nitrogens is 5. The van der Waals surface area contributed by atoms with Crippen molar-refractivity contribution < 1.29 is 8.78 Å². The summed E-state index contributed by atoms with van der Waals surface area (Å²) in [6.45, 7) is 0.125. The summed E-state index contributed by atoms with van der Waals surface area (Å²) in [6, 6.07) is 4.67. The Balaban J connectivity index is 1.81. The lowest BCUT2D eigenvalue weighted by molar-refractivity contribution is 0.451. The van der Waals surface area contributed by atoms with Crippen LogP contribution in [0, 0.1) is 5.82 Å². The van der Waals surface area contributed by atoms with Gasteiger partial charge in [-0.15, -0.1) is 0 Å². The average molecular weight is 373 g/mol. The van der Waals surface area contributed by atoms with Gasteiger partial charge in [0, 0.05) is 36.4 Å². The third kappa shape index (κ3) is 3.06. The normalized spacial score (nSPS) is 11.3. The topological polar surface area (TPSA) is 48.5 Å². The maximum atomic E-state index is 13.8. The van der Waals surface area contributed by atoms with E-state index in [0.29, 0.717) is 23.4 Å². The second-order valence-corrected chi connectivity index (χ2v) is 6.26. The second kappa shape index (κ2) is 6.84. The van der Waals surface area contributed by atoms with Crippen molar-refractivity contribution in [3.05, 3.63) is 65.7 Å². The fourth-order valence-corrected chi connectivity index (χ4v) is 3.10. The van der Waals surface area contributed by atoms with Gasteiger partial charge in [0.15, 0.2) is 0 Å². The molecule has 8 heteroatoms. The number of rotatable bonds is 5. The summed E-state index contributed by atoms with van der Waals surface area (Å²) < 4.78 is 30.5. The van der Waals surface area contributed by atoms with Gasteiger partial charge < -0.3 is 9.13 Å². The van der Waals surface area contributed by atoms with Gasteiger partial charge in [-0.05, 0) is 17.7 Å². The molecule has 0 saturated heterocycles. The van der Waals surface area contributed by atoms with Crippen LogP contribution in [0.25, 0.3) is 22.4 Å². The van der Waals surface area contributed by atoms with Crippen LogP contribution < -0.4 is 0 Å². The van der Waals surface area contributed by atoms with Gasteiger partial charge in [0.1, 0.15) is 18.3 Å². The molecule has 0 atom stereocenters. The Labute approximate surface area is 152 Å². The first-order valence-electron chi connectivity index (χ1n) is 7.97. The van der Waals surface area contributed by atoms with E-state index in [0.717, 1.165) is 11.1 Å². The molecule has 0 amide bonds. The van der Waals surface area contributed by atoms with Crippen molar-refractivity contribution in [2.24, 2.45) is 0 Å². The molecule has 0 aliphatic rings. The molecule has 26 heavy (non-hydrogen) atoms. The summed E-state index contributed by atoms with van der Waals surface area (Å²) in [4.78, 5) is 12.8. The van der Waals surface area contributed by atoms with Gasteiger partial charge >= 0.3 is 0 Å². The lowest BCUT2D eigenvalue weighted by Gasteiger charge is -2.09. The summed E-state index contributed by atoms with van der Waals surface area (Å²) in [5, 5.41) is -0.0176. The number of nitrogens with zero attached hydrogens (tertiary/aromatic N) is 5. The van der Waals surface area contributed by atoms with Gasteiger partial charge in [-0.3, -0.25) is 4.98 Å². The zero-order valence-electron chi connectivity index (χ0n) is 13.6. The fraction of sp³-hybridized carbons (Fsp3) is 0.167. The molecule has 0 fully saturated rings. The van der Waals surface area contributed by atoms with Gasteiger partial charge in [0.2, 0.25) is 0 Å². The molecule has 0 N–H and O–H groups in total. The first-order valence-corrected chi connectivity index (χ1v) is 8.35. The van der Waals surface area contributed by atoms with Crippen molar-refractivity contribution in [3.8, 4) is 11.4 Å². The summed E-state index contributed by atoms with van der Waals surface area (Å²) in [6.07, 6.45) is 8.69. The number of fused-ring (bicyclic) bond motifs is 1. The number of alkyl halides is 1. The summed E-state index contributed by atoms with van der Waals surface area (Å²) in [5.41, 5.74) is 2.69. The van der Waals surface area contributed by atoms with Crippen molar-refractivity contribution in [1.82, 2.24) is 24.1 Å². The lowest BCUT2D eigenvalue weighted by Crippen LogP contribution is -2.03. The molecular weight excluding hydrogens is 359 g/mol. The van der Waals surface area contributed by atoms with Crippen LogP contribution >= 0.6 is 11.6 Å². The molecule has 4 aromatic rings. The fourth-order valence-electron chi connectivity index (χ4n) is 2.94. The molecule has 0 spiro atoms. The Morgan fingerprint density at radius 2 is 2.00 bits per heavy atom. The van der Waals surface area contributed by atoms with Gasteiger partial charge in [0.25, 0.3) is 0 Å². The number of halogens is 3. The molecule has 0 bridgehead atoms. The van der Waals surface area contributed by atoms with E-state index in [1.807, 2.05) is 16.8 Å². The standard InChI is InChI=1S/C18H14ClF2N5/c19-14-6-17-16(7-15(14)21)24-18(26(17)3-1-20)13-5-12(8-23-9-13)10-25-4-2-22-11-25/h2,4-9,11H,1,3,10H2/i20-1. The zero-order chi connectivity index (χ0) is 18.1. The highest BCUT2D eigenvalue weighted by Gasteiger charge is 2.16. The molecule has 132 valence electrons. The highest BCUT2D eigenvalue weighted by Crippen LogP contribution is 2.28. The van der Waals surface area contributed by atoms with Crippen LogP contribution in [-0.2, 0) is 13.1 Å². The Bertz CT molecular complexity index is 1060. The van der Waals surface area contributed by atoms with E-state index in [1.54, 1.807) is 29.5 Å². The predicted molar refractivity (Wildman–Crippen MR) is 95.2 cm³/mol. The molecular formula is C18H14ClF2N5. The molecule has 5 nitrogen and oxygen atoms in total. The van der Waals surface area contributed by atoms with E-state index in [4.69, 9.17) is 11.6 Å². The van der Waals surface area contributed by atoms with Gasteiger partial charge in [-0.1, -0.05) is 11.6 Å². The van der Waals surface area contributed by atoms with Gasteiger partial charge in [0.05, 0.1) is 35.5 Å². The van der Waals surface area contributed by atoms with E-state index < -0.39 is 12.5 Å². The molecule has 1 aromatic carbocycles. The molecule has 3 heterocycles. The minimum atomic E-state index is -0.574. The van der Waals surface area contributed by atoms with E-state index in [2.05, 4.69) is 15.0 Å². The number of pyridine rings is 1. The Kier molecular flexibility index (Phi) is 4.38. The van der Waals surface area contributed by atoms with Gasteiger partial charge in [-0.2, -0.15) is 0 Å². The average Bonchev–Trinajstić information content (AvgIpc) is 3.25. The maximum absolute atomic E-state index is 13.8. The van der Waals surface area contributed by atoms with Crippen LogP contribution in [-0.4, -0.2) is 30.8 Å². The minimum Gasteiger partial charge on any atom is -0.333 e. The minimum absolute atomic E-state index is 0.0176. The molecule has 0 unspecified atom stereocenters. The maximum Gasteiger partial charge on any atom is 0.144 e. The van der Waals surface area contributed by atoms with E-state index in [1.165, 1.54) is 12.1 Å². The third-order valence-corrected chi connectivity index (χ3v) is 4.37. The Morgan fingerprint density at radius 1 is 1.12 bits per heavy atom. The number of benzene rings is 1. The van der Waals surface area contributed by atoms with Crippen LogP contribution in [0.4, 0.5) is 8.78 Å². The largest absolute Gasteiger partial charge is 0.333 e. The van der Waals surface area contributed by atoms with Crippen LogP contribution in [0.1, 0.15) is 5.56 Å². The van der Waals surface area contributed by atoms with Gasteiger partial charge in [-0.25, -0.2) is 18.7 Å². The van der Waals surface area contributed by atoms with E-state index in [9.17, 15) is 8.78 Å². The van der Waals surface area contributed by atoms with E-state index >= 15 is 0 Å². The van der Waals surface area contributed by atoms with Crippen molar-refractivity contribution in [1.29, 1.82) is 0 Å². The third-order valence-electron chi connectivity index (χ3n) is 4.08. The van der Waals surface area contributed by atoms with Crippen LogP contribution in [0.5, 0.6) is 0 Å². The Hall–Kier alpha value is -2.80. The molecule has 0 saturated carbocycles. The molecule has 0 radical (unpaired) electrons. The first kappa shape index (κ1) is 16.7. The number of hydrogen-bond donors (Lipinski definition) is 0. The van der Waals surface area contributed by atoms with Crippen LogP contribution in [0.3, 0.4) is 0 Å². The summed E-state index contributed by atoms with van der Waals surface area (Å²) in [7, 11) is 0. The summed E-state index contributed by atoms with van der Waals surface area (Å²) in [5.74, 6) is -0.0260. The van der Waals surface area contributed by atoms with Crippen molar-refractivity contribution in [3.63, 3.8) is 0 Å². The number of hydrogen-bond acceptors (Lipinski definition) is 3. The molecule has 0 aliphatic heterocycles. The van der Waals surface area contributed by atoms with Crippen LogP contribution in [0.15, 0.2) is 49.3 Å². The number of imidazole rings is 2. The van der Waals surface area contributed by atoms with Crippen molar-refractivity contribution >= 4 is 22.6 Å². The second-order valence-electron chi connectivity index (χ2n) is 5.85. The first-order chi connectivity index (χ1) is 12.7. The molecule has 4 rings (SSSR count). The van der Waals surface area contributed by atoms with Crippen molar-refractivity contribution in [2.45, 2.75) is 13.1 Å². The van der Waals surface area contributed by atoms with E-state index in [-0.39, 0.29) is 11.6 Å². The zero-order valence-corrected chi connectivity index (χ0v) is 14.4. The summed E-state index contributed by atoms with van der Waals surface area (Å²) >= 11 is 5.89. The highest BCUT2D eigenvalue weighted by atomic mass is 35.5. The monoisotopic (exact) mass is 372 g/mol. The predicted octanol–water partition coefficient (Wildman–Crippen LogP) is 4.11. The molecule has 0 aliphatic carbocycles. The van der Waals surface area contributed by atoms with Crippen molar-refractivity contribution in [2.75, 3.05) is 6.67 Å². The molecule has 3 aromatic heterocycles. The van der Waals surface area contributed by atoms with Crippen LogP contribution in [0.2, 0.25) is 5.02 Å². The Morgan fingerprint density at radius 3 is 2.77 bits per heavy atom. The quantitative estimate of drug-likeness (QED) is 0.530. The lowest BCUT2D eigenvalue weighted by atomic mass is 10.2. The number of aryl methyl sites for hydroxylation is 1. The highest BCUT2D eigenvalue weighted by molar-refractivity contribution is 6.31. The smallest absolute Gasteiger partial charge is 0.144 e.